The van der Waals surface area contributed by atoms with Gasteiger partial charge in [0.05, 0.1) is 0 Å². The lowest BCUT2D eigenvalue weighted by Crippen LogP contribution is -2.58. The summed E-state index contributed by atoms with van der Waals surface area (Å²) < 4.78 is 5.50. The molecule has 138 valence electrons. The van der Waals surface area contributed by atoms with E-state index in [4.69, 9.17) is 4.74 Å². The quantitative estimate of drug-likeness (QED) is 0.601. The van der Waals surface area contributed by atoms with E-state index < -0.39 is 17.5 Å². The summed E-state index contributed by atoms with van der Waals surface area (Å²) in [5.74, 6) is 0.733. The lowest BCUT2D eigenvalue weighted by atomic mass is 9.46. The summed E-state index contributed by atoms with van der Waals surface area (Å²) in [5.41, 5.74) is 0.868. The van der Waals surface area contributed by atoms with Crippen molar-refractivity contribution in [3.63, 3.8) is 0 Å². The number of hydrogen-bond acceptors (Lipinski definition) is 3. The second kappa shape index (κ2) is 5.59. The first-order valence-electron chi connectivity index (χ1n) is 9.86. The van der Waals surface area contributed by atoms with Crippen molar-refractivity contribution in [2.75, 3.05) is 0 Å². The van der Waals surface area contributed by atoms with Gasteiger partial charge in [0.2, 0.25) is 0 Å². The summed E-state index contributed by atoms with van der Waals surface area (Å²) in [4.78, 5) is 23.8. The highest BCUT2D eigenvalue weighted by molar-refractivity contribution is 5.77. The maximum atomic E-state index is 12.3. The van der Waals surface area contributed by atoms with Crippen LogP contribution in [-0.2, 0) is 14.3 Å². The Bertz CT molecular complexity index is 625. The third kappa shape index (κ3) is 2.32. The number of hydrogen-bond donors (Lipinski definition) is 1. The molecule has 4 saturated carbocycles. The molecule has 0 radical (unpaired) electrons. The Morgan fingerprint density at radius 3 is 2.60 bits per heavy atom. The minimum Gasteiger partial charge on any atom is -0.481 e. The van der Waals surface area contributed by atoms with Crippen LogP contribution in [0.5, 0.6) is 0 Å². The largest absolute Gasteiger partial charge is 0.481 e. The Balaban J connectivity index is 1.66. The number of carboxylic acids is 1. The number of carbonyl (C=O) groups excluding carboxylic acids is 1. The van der Waals surface area contributed by atoms with Gasteiger partial charge in [0.15, 0.2) is 0 Å². The van der Waals surface area contributed by atoms with Crippen LogP contribution in [0.1, 0.15) is 65.2 Å². The molecular formula is C21H30O4. The molecule has 1 spiro atoms. The third-order valence-electron chi connectivity index (χ3n) is 8.38. The molecule has 0 aromatic carbocycles. The van der Waals surface area contributed by atoms with Crippen molar-refractivity contribution in [1.82, 2.24) is 0 Å². The molecule has 4 aliphatic carbocycles. The Labute approximate surface area is 150 Å². The minimum atomic E-state index is -0.956. The first kappa shape index (κ1) is 17.1. The fraction of sp³-hybridized carbons (Fsp3) is 0.810. The summed E-state index contributed by atoms with van der Waals surface area (Å²) >= 11 is 0. The van der Waals surface area contributed by atoms with Crippen molar-refractivity contribution >= 4 is 11.9 Å². The monoisotopic (exact) mass is 346 g/mol. The number of esters is 1. The molecule has 4 rings (SSSR count). The number of carbonyl (C=O) groups is 2. The molecule has 4 aliphatic rings. The molecule has 0 saturated heterocycles. The molecule has 0 heterocycles. The minimum absolute atomic E-state index is 0.115. The lowest BCUT2D eigenvalue weighted by Gasteiger charge is -2.58. The summed E-state index contributed by atoms with van der Waals surface area (Å²) in [7, 11) is 0. The van der Waals surface area contributed by atoms with Gasteiger partial charge in [-0.3, -0.25) is 9.59 Å². The van der Waals surface area contributed by atoms with Crippen LogP contribution >= 0.6 is 0 Å². The van der Waals surface area contributed by atoms with Crippen molar-refractivity contribution in [1.29, 1.82) is 0 Å². The molecule has 0 amide bonds. The zero-order valence-corrected chi connectivity index (χ0v) is 15.4. The zero-order valence-electron chi connectivity index (χ0n) is 15.4. The van der Waals surface area contributed by atoms with Crippen LogP contribution in [-0.4, -0.2) is 23.1 Å². The van der Waals surface area contributed by atoms with Crippen LogP contribution in [0.25, 0.3) is 0 Å². The van der Waals surface area contributed by atoms with Crippen LogP contribution in [0.15, 0.2) is 12.2 Å². The normalized spacial score (nSPS) is 48.4. The van der Waals surface area contributed by atoms with E-state index in [1.807, 2.05) is 6.92 Å². The Morgan fingerprint density at radius 2 is 1.92 bits per heavy atom. The predicted molar refractivity (Wildman–Crippen MR) is 93.8 cm³/mol. The topological polar surface area (TPSA) is 63.6 Å². The van der Waals surface area contributed by atoms with E-state index in [0.717, 1.165) is 25.7 Å². The molecular weight excluding hydrogens is 316 g/mol. The van der Waals surface area contributed by atoms with Crippen LogP contribution in [0, 0.1) is 34.5 Å². The van der Waals surface area contributed by atoms with Gasteiger partial charge in [0, 0.05) is 6.92 Å². The van der Waals surface area contributed by atoms with Gasteiger partial charge in [0.25, 0.3) is 0 Å². The van der Waals surface area contributed by atoms with Crippen molar-refractivity contribution in [3.8, 4) is 0 Å². The molecule has 25 heavy (non-hydrogen) atoms. The second-order valence-corrected chi connectivity index (χ2v) is 9.35. The van der Waals surface area contributed by atoms with E-state index in [0.29, 0.717) is 29.6 Å². The molecule has 7 unspecified atom stereocenters. The fourth-order valence-electron chi connectivity index (χ4n) is 7.27. The standard InChI is InChI=1S/C21H30O4/c1-12-10-21-9-8-16-15(17(21)6-4-14(12)11-21)5-7-18(25-13(2)22)20(16,3)19(23)24/h14-18H,1,4-11H2,2-3H3,(H,23,24). The maximum absolute atomic E-state index is 12.3. The van der Waals surface area contributed by atoms with E-state index in [9.17, 15) is 14.7 Å². The number of rotatable bonds is 2. The van der Waals surface area contributed by atoms with Gasteiger partial charge in [-0.15, -0.1) is 0 Å². The smallest absolute Gasteiger partial charge is 0.313 e. The molecule has 4 nitrogen and oxygen atoms in total. The van der Waals surface area contributed by atoms with E-state index in [-0.39, 0.29) is 11.9 Å². The molecule has 0 aromatic heterocycles. The molecule has 2 bridgehead atoms. The Kier molecular flexibility index (Phi) is 3.82. The molecule has 4 fully saturated rings. The molecule has 1 N–H and O–H groups in total. The number of allylic oxidation sites excluding steroid dienone is 1. The van der Waals surface area contributed by atoms with E-state index in [2.05, 4.69) is 6.58 Å². The zero-order chi connectivity index (χ0) is 18.0. The summed E-state index contributed by atoms with van der Waals surface area (Å²) in [5, 5.41) is 10.1. The van der Waals surface area contributed by atoms with Crippen LogP contribution in [0.3, 0.4) is 0 Å². The summed E-state index contributed by atoms with van der Waals surface area (Å²) in [6.45, 7) is 7.55. The lowest BCUT2D eigenvalue weighted by molar-refractivity contribution is -0.193. The summed E-state index contributed by atoms with van der Waals surface area (Å²) in [6.07, 6.45) is 8.12. The fourth-order valence-corrected chi connectivity index (χ4v) is 7.27. The maximum Gasteiger partial charge on any atom is 0.313 e. The van der Waals surface area contributed by atoms with Crippen molar-refractivity contribution < 1.29 is 19.4 Å². The van der Waals surface area contributed by atoms with Crippen LogP contribution in [0.4, 0.5) is 0 Å². The third-order valence-corrected chi connectivity index (χ3v) is 8.38. The number of ether oxygens (including phenoxy) is 1. The number of aliphatic carboxylic acids is 1. The van der Waals surface area contributed by atoms with Gasteiger partial charge in [0.1, 0.15) is 11.5 Å². The highest BCUT2D eigenvalue weighted by atomic mass is 16.5. The van der Waals surface area contributed by atoms with Gasteiger partial charge in [-0.05, 0) is 87.4 Å². The van der Waals surface area contributed by atoms with Gasteiger partial charge in [-0.25, -0.2) is 0 Å². The number of carboxylic acid groups (broad SMARTS) is 1. The van der Waals surface area contributed by atoms with Crippen molar-refractivity contribution in [2.45, 2.75) is 71.3 Å². The van der Waals surface area contributed by atoms with E-state index >= 15 is 0 Å². The Hall–Kier alpha value is -1.32. The average Bonchev–Trinajstić information content (AvgIpc) is 2.78. The SMILES string of the molecule is C=C1CC23CCC4C(CCC(OC(C)=O)C4(C)C(=O)O)C2CCC1C3. The van der Waals surface area contributed by atoms with E-state index in [1.165, 1.54) is 31.8 Å². The van der Waals surface area contributed by atoms with Gasteiger partial charge >= 0.3 is 11.9 Å². The number of fused-ring (bicyclic) bond motifs is 3. The molecule has 0 aliphatic heterocycles. The highest BCUT2D eigenvalue weighted by Gasteiger charge is 2.63. The molecule has 4 heteroatoms. The van der Waals surface area contributed by atoms with Crippen LogP contribution in [0.2, 0.25) is 0 Å². The molecule has 7 atom stereocenters. The predicted octanol–water partition coefficient (Wildman–Crippen LogP) is 4.19. The van der Waals surface area contributed by atoms with Crippen molar-refractivity contribution in [2.24, 2.45) is 34.5 Å². The second-order valence-electron chi connectivity index (χ2n) is 9.35. The van der Waals surface area contributed by atoms with Crippen molar-refractivity contribution in [3.05, 3.63) is 12.2 Å². The first-order chi connectivity index (χ1) is 11.8. The van der Waals surface area contributed by atoms with Crippen LogP contribution < -0.4 is 0 Å². The highest BCUT2D eigenvalue weighted by Crippen LogP contribution is 2.68. The first-order valence-corrected chi connectivity index (χ1v) is 9.86. The Morgan fingerprint density at radius 1 is 1.16 bits per heavy atom. The summed E-state index contributed by atoms with van der Waals surface area (Å²) in [6, 6.07) is 0. The van der Waals surface area contributed by atoms with Gasteiger partial charge < -0.3 is 9.84 Å². The van der Waals surface area contributed by atoms with Gasteiger partial charge in [-0.1, -0.05) is 12.2 Å². The van der Waals surface area contributed by atoms with Gasteiger partial charge in [-0.2, -0.15) is 0 Å². The average molecular weight is 346 g/mol. The van der Waals surface area contributed by atoms with E-state index in [1.54, 1.807) is 0 Å². The molecule has 0 aromatic rings.